The Morgan fingerprint density at radius 3 is 2.76 bits per heavy atom. The van der Waals surface area contributed by atoms with Crippen LogP contribution in [0.3, 0.4) is 0 Å². The first-order chi connectivity index (χ1) is 12.0. The highest BCUT2D eigenvalue weighted by atomic mass is 32.2. The fourth-order valence-electron chi connectivity index (χ4n) is 2.46. The zero-order valence-corrected chi connectivity index (χ0v) is 16.5. The SMILES string of the molecule is CCOC(=O)c1sc(N(Sc2ccc(OC)c(C)c2)C2CC2)nc1C. The van der Waals surface area contributed by atoms with E-state index in [0.717, 1.165) is 39.9 Å². The number of carbonyl (C=O) groups excluding carboxylic acids is 1. The van der Waals surface area contributed by atoms with Gasteiger partial charge in [-0.15, -0.1) is 0 Å². The molecule has 134 valence electrons. The molecule has 1 aliphatic carbocycles. The highest BCUT2D eigenvalue weighted by Gasteiger charge is 2.33. The number of aryl methyl sites for hydroxylation is 2. The molecule has 1 fully saturated rings. The Bertz CT molecular complexity index is 772. The second-order valence-corrected chi connectivity index (χ2v) is 7.94. The summed E-state index contributed by atoms with van der Waals surface area (Å²) in [6.45, 7) is 6.08. The number of thiazole rings is 1. The minimum atomic E-state index is -0.287. The number of methoxy groups -OCH3 is 1. The quantitative estimate of drug-likeness (QED) is 0.517. The minimum Gasteiger partial charge on any atom is -0.496 e. The molecule has 0 saturated heterocycles. The van der Waals surface area contributed by atoms with Crippen LogP contribution in [0.15, 0.2) is 23.1 Å². The van der Waals surface area contributed by atoms with Gasteiger partial charge < -0.3 is 9.47 Å². The van der Waals surface area contributed by atoms with Gasteiger partial charge in [0, 0.05) is 10.9 Å². The van der Waals surface area contributed by atoms with Crippen LogP contribution in [0.25, 0.3) is 0 Å². The van der Waals surface area contributed by atoms with E-state index in [1.807, 2.05) is 26.8 Å². The van der Waals surface area contributed by atoms with Crippen molar-refractivity contribution in [3.05, 3.63) is 34.3 Å². The number of nitrogens with zero attached hydrogens (tertiary/aromatic N) is 2. The molecular weight excluding hydrogens is 356 g/mol. The number of hydrogen-bond acceptors (Lipinski definition) is 7. The Kier molecular flexibility index (Phi) is 5.54. The number of anilines is 1. The van der Waals surface area contributed by atoms with Crippen molar-refractivity contribution in [1.82, 2.24) is 4.98 Å². The largest absolute Gasteiger partial charge is 0.496 e. The number of hydrogen-bond donors (Lipinski definition) is 0. The lowest BCUT2D eigenvalue weighted by Crippen LogP contribution is -2.16. The lowest BCUT2D eigenvalue weighted by atomic mass is 10.2. The monoisotopic (exact) mass is 378 g/mol. The van der Waals surface area contributed by atoms with Crippen LogP contribution in [0.5, 0.6) is 5.75 Å². The molecule has 1 heterocycles. The van der Waals surface area contributed by atoms with Gasteiger partial charge in [-0.2, -0.15) is 0 Å². The highest BCUT2D eigenvalue weighted by molar-refractivity contribution is 8.00. The average molecular weight is 379 g/mol. The molecule has 3 rings (SSSR count). The maximum atomic E-state index is 12.1. The molecule has 0 atom stereocenters. The number of esters is 1. The number of aromatic nitrogens is 1. The van der Waals surface area contributed by atoms with E-state index >= 15 is 0 Å². The molecule has 0 unspecified atom stereocenters. The first-order valence-corrected chi connectivity index (χ1v) is 9.88. The summed E-state index contributed by atoms with van der Waals surface area (Å²) in [6, 6.07) is 6.62. The summed E-state index contributed by atoms with van der Waals surface area (Å²) in [6.07, 6.45) is 2.30. The van der Waals surface area contributed by atoms with Gasteiger partial charge in [0.15, 0.2) is 5.13 Å². The molecule has 0 N–H and O–H groups in total. The predicted octanol–water partition coefficient (Wildman–Crippen LogP) is 4.62. The van der Waals surface area contributed by atoms with Crippen molar-refractivity contribution < 1.29 is 14.3 Å². The molecule has 7 heteroatoms. The molecule has 0 radical (unpaired) electrons. The summed E-state index contributed by atoms with van der Waals surface area (Å²) in [5.41, 5.74) is 1.83. The molecule has 0 aliphatic heterocycles. The van der Waals surface area contributed by atoms with E-state index in [9.17, 15) is 4.79 Å². The predicted molar refractivity (Wildman–Crippen MR) is 102 cm³/mol. The zero-order valence-electron chi connectivity index (χ0n) is 14.9. The van der Waals surface area contributed by atoms with Gasteiger partial charge in [0.25, 0.3) is 0 Å². The van der Waals surface area contributed by atoms with Gasteiger partial charge in [-0.3, -0.25) is 4.31 Å². The summed E-state index contributed by atoms with van der Waals surface area (Å²) < 4.78 is 12.7. The van der Waals surface area contributed by atoms with Crippen LogP contribution < -0.4 is 9.04 Å². The van der Waals surface area contributed by atoms with Crippen LogP contribution in [0.2, 0.25) is 0 Å². The van der Waals surface area contributed by atoms with E-state index in [-0.39, 0.29) is 5.97 Å². The molecule has 1 saturated carbocycles. The van der Waals surface area contributed by atoms with Crippen molar-refractivity contribution in [2.75, 3.05) is 18.0 Å². The standard InChI is InChI=1S/C18H22N2O3S2/c1-5-23-17(21)16-12(3)19-18(24-16)20(13-6-7-13)25-14-8-9-15(22-4)11(2)10-14/h8-10,13H,5-7H2,1-4H3. The number of carbonyl (C=O) groups is 1. The lowest BCUT2D eigenvalue weighted by molar-refractivity contribution is 0.0531. The third kappa shape index (κ3) is 4.10. The van der Waals surface area contributed by atoms with Crippen LogP contribution in [-0.2, 0) is 4.74 Å². The average Bonchev–Trinajstić information content (AvgIpc) is 3.35. The fraction of sp³-hybridized carbons (Fsp3) is 0.444. The third-order valence-corrected chi connectivity index (χ3v) is 6.27. The number of ether oxygens (including phenoxy) is 2. The van der Waals surface area contributed by atoms with Gasteiger partial charge in [0.05, 0.1) is 19.4 Å². The normalized spacial score (nSPS) is 13.6. The van der Waals surface area contributed by atoms with Crippen LogP contribution >= 0.6 is 23.3 Å². The maximum absolute atomic E-state index is 12.1. The Morgan fingerprint density at radius 1 is 1.40 bits per heavy atom. The Morgan fingerprint density at radius 2 is 2.16 bits per heavy atom. The number of rotatable bonds is 7. The number of benzene rings is 1. The molecule has 5 nitrogen and oxygen atoms in total. The topological polar surface area (TPSA) is 51.7 Å². The van der Waals surface area contributed by atoms with Crippen molar-refractivity contribution in [2.24, 2.45) is 0 Å². The van der Waals surface area contributed by atoms with Crippen LogP contribution in [0.1, 0.15) is 40.7 Å². The van der Waals surface area contributed by atoms with Gasteiger partial charge in [-0.25, -0.2) is 9.78 Å². The van der Waals surface area contributed by atoms with E-state index in [1.54, 1.807) is 19.1 Å². The maximum Gasteiger partial charge on any atom is 0.350 e. The fourth-order valence-corrected chi connectivity index (χ4v) is 4.69. The third-order valence-electron chi connectivity index (χ3n) is 3.88. The molecule has 1 aromatic heterocycles. The van der Waals surface area contributed by atoms with Crippen LogP contribution in [-0.4, -0.2) is 30.7 Å². The molecule has 1 aliphatic rings. The van der Waals surface area contributed by atoms with Crippen molar-refractivity contribution in [3.8, 4) is 5.75 Å². The van der Waals surface area contributed by atoms with E-state index in [4.69, 9.17) is 9.47 Å². The van der Waals surface area contributed by atoms with E-state index in [1.165, 1.54) is 11.3 Å². The minimum absolute atomic E-state index is 0.287. The van der Waals surface area contributed by atoms with Crippen molar-refractivity contribution in [3.63, 3.8) is 0 Å². The lowest BCUT2D eigenvalue weighted by Gasteiger charge is -2.20. The first-order valence-electron chi connectivity index (χ1n) is 8.29. The zero-order chi connectivity index (χ0) is 18.0. The molecule has 0 spiro atoms. The molecule has 2 aromatic rings. The summed E-state index contributed by atoms with van der Waals surface area (Å²) >= 11 is 3.08. The first kappa shape index (κ1) is 18.1. The van der Waals surface area contributed by atoms with Crippen molar-refractivity contribution >= 4 is 34.4 Å². The van der Waals surface area contributed by atoms with E-state index < -0.39 is 0 Å². The second-order valence-electron chi connectivity index (χ2n) is 5.91. The second kappa shape index (κ2) is 7.66. The summed E-state index contributed by atoms with van der Waals surface area (Å²) in [5.74, 6) is 0.599. The summed E-state index contributed by atoms with van der Waals surface area (Å²) in [5, 5.41) is 0.863. The molecule has 0 bridgehead atoms. The molecule has 1 aromatic carbocycles. The van der Waals surface area contributed by atoms with Gasteiger partial charge in [-0.05, 0) is 69.3 Å². The van der Waals surface area contributed by atoms with Crippen molar-refractivity contribution in [2.45, 2.75) is 44.6 Å². The van der Waals surface area contributed by atoms with Gasteiger partial charge in [-0.1, -0.05) is 11.3 Å². The van der Waals surface area contributed by atoms with Crippen molar-refractivity contribution in [1.29, 1.82) is 0 Å². The van der Waals surface area contributed by atoms with Crippen LogP contribution in [0, 0.1) is 13.8 Å². The molecule has 25 heavy (non-hydrogen) atoms. The molecular formula is C18H22N2O3S2. The Labute approximate surface area is 156 Å². The van der Waals surface area contributed by atoms with E-state index in [2.05, 4.69) is 21.4 Å². The van der Waals surface area contributed by atoms with Crippen LogP contribution in [0.4, 0.5) is 5.13 Å². The van der Waals surface area contributed by atoms with Gasteiger partial charge in [0.2, 0.25) is 0 Å². The van der Waals surface area contributed by atoms with Gasteiger partial charge in [0.1, 0.15) is 10.6 Å². The summed E-state index contributed by atoms with van der Waals surface area (Å²) in [7, 11) is 1.68. The van der Waals surface area contributed by atoms with Gasteiger partial charge >= 0.3 is 5.97 Å². The van der Waals surface area contributed by atoms with E-state index in [0.29, 0.717) is 17.5 Å². The molecule has 0 amide bonds. The Balaban J connectivity index is 1.84. The highest BCUT2D eigenvalue weighted by Crippen LogP contribution is 2.43. The smallest absolute Gasteiger partial charge is 0.350 e. The summed E-state index contributed by atoms with van der Waals surface area (Å²) in [4.78, 5) is 18.4. The Hall–Kier alpha value is -1.73.